The summed E-state index contributed by atoms with van der Waals surface area (Å²) in [5.41, 5.74) is 2.30. The number of ketones is 1. The van der Waals surface area contributed by atoms with E-state index in [1.165, 1.54) is 6.07 Å². The van der Waals surface area contributed by atoms with Gasteiger partial charge in [0.1, 0.15) is 5.82 Å². The van der Waals surface area contributed by atoms with Gasteiger partial charge in [0.05, 0.1) is 22.6 Å². The van der Waals surface area contributed by atoms with Gasteiger partial charge < -0.3 is 5.32 Å². The van der Waals surface area contributed by atoms with Gasteiger partial charge in [0, 0.05) is 11.4 Å². The Kier molecular flexibility index (Phi) is 4.27. The van der Waals surface area contributed by atoms with Crippen LogP contribution in [0.1, 0.15) is 36.3 Å². The van der Waals surface area contributed by atoms with Crippen LogP contribution in [-0.2, 0) is 6.42 Å². The number of fused-ring (bicyclic) bond motifs is 1. The average molecular weight is 384 g/mol. The molecule has 4 rings (SSSR count). The summed E-state index contributed by atoms with van der Waals surface area (Å²) < 4.78 is 15.9. The molecule has 2 aromatic carbocycles. The third-order valence-corrected chi connectivity index (χ3v) is 5.00. The van der Waals surface area contributed by atoms with E-state index < -0.39 is 5.82 Å². The van der Waals surface area contributed by atoms with E-state index in [0.717, 1.165) is 11.4 Å². The van der Waals surface area contributed by atoms with Crippen LogP contribution in [0.25, 0.3) is 5.69 Å². The van der Waals surface area contributed by atoms with Gasteiger partial charge in [-0.3, -0.25) is 4.79 Å². The summed E-state index contributed by atoms with van der Waals surface area (Å²) in [6, 6.07) is 13.6. The van der Waals surface area contributed by atoms with Crippen LogP contribution in [0.4, 0.5) is 15.9 Å². The molecule has 0 saturated heterocycles. The lowest BCUT2D eigenvalue weighted by molar-refractivity contribution is 0.0912. The van der Waals surface area contributed by atoms with Gasteiger partial charge in [-0.1, -0.05) is 37.6 Å². The Bertz CT molecular complexity index is 1020. The number of Topliss-reactive ketones (excluding diaryl/α,β-unsaturated/α-hetero) is 1. The van der Waals surface area contributed by atoms with Gasteiger partial charge in [0.15, 0.2) is 11.6 Å². The van der Waals surface area contributed by atoms with Gasteiger partial charge in [0.2, 0.25) is 0 Å². The summed E-state index contributed by atoms with van der Waals surface area (Å²) in [5, 5.41) is 8.25. The van der Waals surface area contributed by atoms with Crippen molar-refractivity contribution in [2.75, 3.05) is 5.32 Å². The number of benzene rings is 2. The van der Waals surface area contributed by atoms with Crippen LogP contribution in [-0.4, -0.2) is 15.6 Å². The largest absolute Gasteiger partial charge is 0.336 e. The van der Waals surface area contributed by atoms with Gasteiger partial charge in [-0.25, -0.2) is 9.07 Å². The van der Waals surface area contributed by atoms with Crippen LogP contribution >= 0.6 is 11.6 Å². The van der Waals surface area contributed by atoms with Crippen molar-refractivity contribution in [3.63, 3.8) is 0 Å². The molecule has 1 heterocycles. The van der Waals surface area contributed by atoms with E-state index in [0.29, 0.717) is 34.9 Å². The standard InChI is InChI=1S/C21H19ClFN3O/c1-21(2)11-17-19(18(27)12-21)20(24-16-6-4-3-5-15(16)23)25-26(17)14-9-7-13(22)8-10-14/h3-10H,11-12H2,1-2H3,(H,24,25). The quantitative estimate of drug-likeness (QED) is 0.643. The molecule has 1 N–H and O–H groups in total. The van der Waals surface area contributed by atoms with Crippen molar-refractivity contribution in [3.05, 3.63) is 70.6 Å². The molecule has 138 valence electrons. The second-order valence-corrected chi connectivity index (χ2v) is 8.04. The average Bonchev–Trinajstić information content (AvgIpc) is 2.95. The minimum absolute atomic E-state index is 0.0142. The van der Waals surface area contributed by atoms with E-state index in [1.807, 2.05) is 12.1 Å². The molecule has 1 aliphatic rings. The number of hydrogen-bond acceptors (Lipinski definition) is 3. The summed E-state index contributed by atoms with van der Waals surface area (Å²) in [7, 11) is 0. The van der Waals surface area contributed by atoms with Crippen molar-refractivity contribution < 1.29 is 9.18 Å². The minimum atomic E-state index is -0.393. The molecule has 0 amide bonds. The smallest absolute Gasteiger partial charge is 0.169 e. The van der Waals surface area contributed by atoms with Gasteiger partial charge in [-0.15, -0.1) is 5.10 Å². The summed E-state index contributed by atoms with van der Waals surface area (Å²) in [6.45, 7) is 4.13. The van der Waals surface area contributed by atoms with Gasteiger partial charge in [0.25, 0.3) is 0 Å². The molecule has 0 saturated carbocycles. The van der Waals surface area contributed by atoms with Crippen LogP contribution in [0.15, 0.2) is 48.5 Å². The molecule has 0 bridgehead atoms. The molecule has 6 heteroatoms. The number of halogens is 2. The molecular weight excluding hydrogens is 365 g/mol. The molecule has 0 spiro atoms. The summed E-state index contributed by atoms with van der Waals surface area (Å²) in [5.74, 6) is 0.00161. The van der Waals surface area contributed by atoms with Crippen LogP contribution in [0.5, 0.6) is 0 Å². The van der Waals surface area contributed by atoms with E-state index in [4.69, 9.17) is 11.6 Å². The van der Waals surface area contributed by atoms with Gasteiger partial charge in [-0.2, -0.15) is 0 Å². The molecule has 1 aliphatic carbocycles. The minimum Gasteiger partial charge on any atom is -0.336 e. The third kappa shape index (κ3) is 3.35. The number of hydrogen-bond donors (Lipinski definition) is 1. The molecule has 1 aromatic heterocycles. The van der Waals surface area contributed by atoms with Crippen molar-refractivity contribution in [1.29, 1.82) is 0 Å². The number of rotatable bonds is 3. The highest BCUT2D eigenvalue weighted by Crippen LogP contribution is 2.39. The first-order valence-corrected chi connectivity index (χ1v) is 9.14. The summed E-state index contributed by atoms with van der Waals surface area (Å²) >= 11 is 6.00. The van der Waals surface area contributed by atoms with E-state index >= 15 is 0 Å². The highest BCUT2D eigenvalue weighted by Gasteiger charge is 2.37. The summed E-state index contributed by atoms with van der Waals surface area (Å²) in [6.07, 6.45) is 1.13. The van der Waals surface area contributed by atoms with E-state index in [-0.39, 0.29) is 11.2 Å². The maximum absolute atomic E-state index is 14.1. The molecule has 0 atom stereocenters. The van der Waals surface area contributed by atoms with E-state index in [9.17, 15) is 9.18 Å². The number of anilines is 2. The van der Waals surface area contributed by atoms with Crippen molar-refractivity contribution in [1.82, 2.24) is 9.78 Å². The fraction of sp³-hybridized carbons (Fsp3) is 0.238. The first kappa shape index (κ1) is 17.7. The lowest BCUT2D eigenvalue weighted by atomic mass is 9.76. The molecule has 0 unspecified atom stereocenters. The normalized spacial score (nSPS) is 15.5. The predicted octanol–water partition coefficient (Wildman–Crippen LogP) is 5.56. The second-order valence-electron chi connectivity index (χ2n) is 7.60. The first-order valence-electron chi connectivity index (χ1n) is 8.77. The van der Waals surface area contributed by atoms with E-state index in [2.05, 4.69) is 24.3 Å². The number of nitrogens with zero attached hydrogens (tertiary/aromatic N) is 2. The topological polar surface area (TPSA) is 46.9 Å². The maximum atomic E-state index is 14.1. The molecule has 0 fully saturated rings. The highest BCUT2D eigenvalue weighted by atomic mass is 35.5. The van der Waals surface area contributed by atoms with Crippen molar-refractivity contribution >= 4 is 28.9 Å². The number of nitrogens with one attached hydrogen (secondary N) is 1. The molecule has 4 nitrogen and oxygen atoms in total. The lowest BCUT2D eigenvalue weighted by Gasteiger charge is -2.29. The molecule has 3 aromatic rings. The maximum Gasteiger partial charge on any atom is 0.169 e. The Morgan fingerprint density at radius 3 is 2.52 bits per heavy atom. The van der Waals surface area contributed by atoms with Gasteiger partial charge >= 0.3 is 0 Å². The zero-order valence-electron chi connectivity index (χ0n) is 15.1. The van der Waals surface area contributed by atoms with E-state index in [1.54, 1.807) is 35.0 Å². The fourth-order valence-corrected chi connectivity index (χ4v) is 3.65. The number of carbonyl (C=O) groups is 1. The lowest BCUT2D eigenvalue weighted by Crippen LogP contribution is -2.28. The zero-order valence-corrected chi connectivity index (χ0v) is 15.8. The van der Waals surface area contributed by atoms with Crippen molar-refractivity contribution in [2.24, 2.45) is 5.41 Å². The van der Waals surface area contributed by atoms with Crippen molar-refractivity contribution in [3.8, 4) is 5.69 Å². The Hall–Kier alpha value is -2.66. The zero-order chi connectivity index (χ0) is 19.2. The van der Waals surface area contributed by atoms with Crippen LogP contribution in [0.3, 0.4) is 0 Å². The Morgan fingerprint density at radius 2 is 1.81 bits per heavy atom. The molecule has 0 radical (unpaired) electrons. The second kappa shape index (κ2) is 6.50. The van der Waals surface area contributed by atoms with Crippen LogP contribution < -0.4 is 5.32 Å². The Balaban J connectivity index is 1.86. The highest BCUT2D eigenvalue weighted by molar-refractivity contribution is 6.30. The number of aromatic nitrogens is 2. The third-order valence-electron chi connectivity index (χ3n) is 4.74. The number of para-hydroxylation sites is 1. The first-order chi connectivity index (χ1) is 12.8. The monoisotopic (exact) mass is 383 g/mol. The fourth-order valence-electron chi connectivity index (χ4n) is 3.52. The molecule has 27 heavy (non-hydrogen) atoms. The molecular formula is C21H19ClFN3O. The Labute approximate surface area is 162 Å². The summed E-state index contributed by atoms with van der Waals surface area (Å²) in [4.78, 5) is 12.9. The van der Waals surface area contributed by atoms with Crippen molar-refractivity contribution in [2.45, 2.75) is 26.7 Å². The SMILES string of the molecule is CC1(C)CC(=O)c2c(Nc3ccccc3F)nn(-c3ccc(Cl)cc3)c2C1. The molecule has 0 aliphatic heterocycles. The predicted molar refractivity (Wildman–Crippen MR) is 105 cm³/mol. The Morgan fingerprint density at radius 1 is 1.11 bits per heavy atom. The van der Waals surface area contributed by atoms with Gasteiger partial charge in [-0.05, 0) is 48.2 Å². The van der Waals surface area contributed by atoms with Crippen LogP contribution in [0, 0.1) is 11.2 Å². The van der Waals surface area contributed by atoms with Crippen LogP contribution in [0.2, 0.25) is 5.02 Å². The number of carbonyl (C=O) groups excluding carboxylic acids is 1.